The molecule has 0 bridgehead atoms. The maximum absolute atomic E-state index is 12.2. The standard InChI is InChI=1S/C21H17N3O/c1-14-6-5-9-18-19(14)24-20(23-18)15-10-12-17(13-11-15)22-21(25)16-7-3-2-4-8-16/h2-13H,1H3,(H,22,25)(H,23,24). The number of hydrogen-bond acceptors (Lipinski definition) is 2. The van der Waals surface area contributed by atoms with Crippen molar-refractivity contribution in [2.75, 3.05) is 5.32 Å². The Kier molecular flexibility index (Phi) is 3.78. The molecule has 3 aromatic carbocycles. The van der Waals surface area contributed by atoms with Crippen molar-refractivity contribution in [2.24, 2.45) is 0 Å². The minimum Gasteiger partial charge on any atom is -0.338 e. The molecule has 1 amide bonds. The minimum absolute atomic E-state index is 0.118. The molecule has 0 aliphatic heterocycles. The molecule has 0 unspecified atom stereocenters. The molecule has 0 aliphatic rings. The van der Waals surface area contributed by atoms with E-state index in [1.54, 1.807) is 12.1 Å². The maximum atomic E-state index is 12.2. The highest BCUT2D eigenvalue weighted by atomic mass is 16.1. The number of anilines is 1. The van der Waals surface area contributed by atoms with E-state index in [1.807, 2.05) is 54.6 Å². The van der Waals surface area contributed by atoms with Crippen LogP contribution in [0, 0.1) is 6.92 Å². The van der Waals surface area contributed by atoms with E-state index in [4.69, 9.17) is 0 Å². The lowest BCUT2D eigenvalue weighted by molar-refractivity contribution is 0.102. The fourth-order valence-corrected chi connectivity index (χ4v) is 2.82. The Labute approximate surface area is 145 Å². The quantitative estimate of drug-likeness (QED) is 0.568. The van der Waals surface area contributed by atoms with Crippen LogP contribution in [0.3, 0.4) is 0 Å². The molecule has 0 saturated heterocycles. The van der Waals surface area contributed by atoms with E-state index in [0.717, 1.165) is 33.7 Å². The summed E-state index contributed by atoms with van der Waals surface area (Å²) in [6, 6.07) is 22.9. The Hall–Kier alpha value is -3.40. The lowest BCUT2D eigenvalue weighted by Crippen LogP contribution is -2.11. The molecule has 4 heteroatoms. The number of aryl methyl sites for hydroxylation is 1. The van der Waals surface area contributed by atoms with Crippen molar-refractivity contribution in [1.29, 1.82) is 0 Å². The molecule has 4 rings (SSSR count). The van der Waals surface area contributed by atoms with Crippen LogP contribution in [0.4, 0.5) is 5.69 Å². The fraction of sp³-hybridized carbons (Fsp3) is 0.0476. The summed E-state index contributed by atoms with van der Waals surface area (Å²) < 4.78 is 0. The topological polar surface area (TPSA) is 57.8 Å². The molecule has 0 saturated carbocycles. The van der Waals surface area contributed by atoms with Crippen molar-refractivity contribution in [1.82, 2.24) is 9.97 Å². The number of hydrogen-bond donors (Lipinski definition) is 2. The van der Waals surface area contributed by atoms with Crippen LogP contribution in [0.2, 0.25) is 0 Å². The number of benzene rings is 3. The van der Waals surface area contributed by atoms with Gasteiger partial charge in [0.05, 0.1) is 11.0 Å². The van der Waals surface area contributed by atoms with Crippen LogP contribution in [0.15, 0.2) is 72.8 Å². The number of imidazole rings is 1. The maximum Gasteiger partial charge on any atom is 0.255 e. The molecule has 0 fully saturated rings. The Morgan fingerprint density at radius 3 is 2.40 bits per heavy atom. The van der Waals surface area contributed by atoms with Crippen LogP contribution in [-0.2, 0) is 0 Å². The first-order chi connectivity index (χ1) is 12.2. The van der Waals surface area contributed by atoms with Gasteiger partial charge in [-0.2, -0.15) is 0 Å². The summed E-state index contributed by atoms with van der Waals surface area (Å²) in [5, 5.41) is 2.90. The number of nitrogens with one attached hydrogen (secondary N) is 2. The van der Waals surface area contributed by atoms with Crippen LogP contribution < -0.4 is 5.32 Å². The van der Waals surface area contributed by atoms with Gasteiger partial charge in [-0.3, -0.25) is 4.79 Å². The van der Waals surface area contributed by atoms with Crippen LogP contribution in [-0.4, -0.2) is 15.9 Å². The van der Waals surface area contributed by atoms with Gasteiger partial charge in [-0.1, -0.05) is 30.3 Å². The zero-order valence-corrected chi connectivity index (χ0v) is 13.8. The number of carbonyl (C=O) groups is 1. The molecule has 1 aromatic heterocycles. The van der Waals surface area contributed by atoms with Gasteiger partial charge in [0.2, 0.25) is 0 Å². The summed E-state index contributed by atoms with van der Waals surface area (Å²) in [4.78, 5) is 20.2. The highest BCUT2D eigenvalue weighted by Crippen LogP contribution is 2.23. The summed E-state index contributed by atoms with van der Waals surface area (Å²) in [7, 11) is 0. The van der Waals surface area contributed by atoms with Gasteiger partial charge in [0, 0.05) is 16.8 Å². The Bertz CT molecular complexity index is 1030. The third-order valence-electron chi connectivity index (χ3n) is 4.17. The Morgan fingerprint density at radius 2 is 1.68 bits per heavy atom. The van der Waals surface area contributed by atoms with Gasteiger partial charge in [0.1, 0.15) is 5.82 Å². The van der Waals surface area contributed by atoms with Gasteiger partial charge in [0.25, 0.3) is 5.91 Å². The second-order valence-corrected chi connectivity index (χ2v) is 5.95. The molecule has 0 atom stereocenters. The number of aromatic nitrogens is 2. The number of aromatic amines is 1. The average molecular weight is 327 g/mol. The van der Waals surface area contributed by atoms with E-state index in [9.17, 15) is 4.79 Å². The van der Waals surface area contributed by atoms with Gasteiger partial charge >= 0.3 is 0 Å². The third-order valence-corrected chi connectivity index (χ3v) is 4.17. The van der Waals surface area contributed by atoms with Gasteiger partial charge in [-0.15, -0.1) is 0 Å². The molecule has 4 nitrogen and oxygen atoms in total. The molecule has 4 aromatic rings. The summed E-state index contributed by atoms with van der Waals surface area (Å²) in [5.41, 5.74) is 5.53. The molecule has 122 valence electrons. The van der Waals surface area contributed by atoms with Crippen molar-refractivity contribution in [3.05, 3.63) is 83.9 Å². The lowest BCUT2D eigenvalue weighted by Gasteiger charge is -2.06. The highest BCUT2D eigenvalue weighted by molar-refractivity contribution is 6.04. The zero-order valence-electron chi connectivity index (χ0n) is 13.8. The largest absolute Gasteiger partial charge is 0.338 e. The van der Waals surface area contributed by atoms with Crippen LogP contribution >= 0.6 is 0 Å². The second-order valence-electron chi connectivity index (χ2n) is 5.95. The number of amides is 1. The van der Waals surface area contributed by atoms with Crippen LogP contribution in [0.5, 0.6) is 0 Å². The number of para-hydroxylation sites is 1. The minimum atomic E-state index is -0.118. The third kappa shape index (κ3) is 3.02. The lowest BCUT2D eigenvalue weighted by atomic mass is 10.1. The number of nitrogens with zero attached hydrogens (tertiary/aromatic N) is 1. The van der Waals surface area contributed by atoms with Crippen molar-refractivity contribution >= 4 is 22.6 Å². The summed E-state index contributed by atoms with van der Waals surface area (Å²) in [6.45, 7) is 2.05. The predicted molar refractivity (Wildman–Crippen MR) is 101 cm³/mol. The Balaban J connectivity index is 1.57. The van der Waals surface area contributed by atoms with Crippen LogP contribution in [0.25, 0.3) is 22.4 Å². The van der Waals surface area contributed by atoms with E-state index in [1.165, 1.54) is 0 Å². The van der Waals surface area contributed by atoms with Gasteiger partial charge < -0.3 is 10.3 Å². The van der Waals surface area contributed by atoms with E-state index < -0.39 is 0 Å². The Morgan fingerprint density at radius 1 is 0.920 bits per heavy atom. The summed E-state index contributed by atoms with van der Waals surface area (Å²) in [5.74, 6) is 0.706. The molecule has 25 heavy (non-hydrogen) atoms. The molecular weight excluding hydrogens is 310 g/mol. The predicted octanol–water partition coefficient (Wildman–Crippen LogP) is 4.79. The summed E-state index contributed by atoms with van der Waals surface area (Å²) in [6.07, 6.45) is 0. The zero-order chi connectivity index (χ0) is 17.2. The molecular formula is C21H17N3O. The first-order valence-corrected chi connectivity index (χ1v) is 8.13. The number of rotatable bonds is 3. The van der Waals surface area contributed by atoms with E-state index in [2.05, 4.69) is 28.3 Å². The molecule has 0 aliphatic carbocycles. The van der Waals surface area contributed by atoms with Crippen molar-refractivity contribution in [2.45, 2.75) is 6.92 Å². The second kappa shape index (κ2) is 6.24. The first-order valence-electron chi connectivity index (χ1n) is 8.13. The van der Waals surface area contributed by atoms with Crippen molar-refractivity contribution < 1.29 is 4.79 Å². The fourth-order valence-electron chi connectivity index (χ4n) is 2.82. The molecule has 1 heterocycles. The van der Waals surface area contributed by atoms with E-state index >= 15 is 0 Å². The van der Waals surface area contributed by atoms with Gasteiger partial charge in [0.15, 0.2) is 0 Å². The highest BCUT2D eigenvalue weighted by Gasteiger charge is 2.08. The van der Waals surface area contributed by atoms with Gasteiger partial charge in [-0.25, -0.2) is 4.98 Å². The monoisotopic (exact) mass is 327 g/mol. The summed E-state index contributed by atoms with van der Waals surface area (Å²) >= 11 is 0. The molecule has 2 N–H and O–H groups in total. The smallest absolute Gasteiger partial charge is 0.255 e. The molecule has 0 radical (unpaired) electrons. The average Bonchev–Trinajstić information content (AvgIpc) is 3.09. The normalized spacial score (nSPS) is 10.8. The molecule has 0 spiro atoms. The van der Waals surface area contributed by atoms with Crippen molar-refractivity contribution in [3.8, 4) is 11.4 Å². The van der Waals surface area contributed by atoms with E-state index in [0.29, 0.717) is 5.56 Å². The SMILES string of the molecule is Cc1cccc2[nH]c(-c3ccc(NC(=O)c4ccccc4)cc3)nc12. The van der Waals surface area contributed by atoms with Crippen molar-refractivity contribution in [3.63, 3.8) is 0 Å². The van der Waals surface area contributed by atoms with Gasteiger partial charge in [-0.05, 0) is 55.0 Å². The number of carbonyl (C=O) groups excluding carboxylic acids is 1. The number of H-pyrrole nitrogens is 1. The van der Waals surface area contributed by atoms with Crippen LogP contribution in [0.1, 0.15) is 15.9 Å². The van der Waals surface area contributed by atoms with E-state index in [-0.39, 0.29) is 5.91 Å². The number of fused-ring (bicyclic) bond motifs is 1. The first kappa shape index (κ1) is 15.1.